The Morgan fingerprint density at radius 1 is 1.44 bits per heavy atom. The van der Waals surface area contributed by atoms with E-state index >= 15 is 0 Å². The average Bonchev–Trinajstić information content (AvgIpc) is 2.73. The summed E-state index contributed by atoms with van der Waals surface area (Å²) in [5.74, 6) is 5.39. The van der Waals surface area contributed by atoms with Gasteiger partial charge in [0, 0.05) is 19.3 Å². The van der Waals surface area contributed by atoms with Crippen molar-refractivity contribution < 1.29 is 4.39 Å². The molecule has 0 spiro atoms. The molecule has 0 aliphatic rings. The molecule has 1 atom stereocenters. The Hall–Kier alpha value is -0.0200. The first-order valence-corrected chi connectivity index (χ1v) is 8.00. The molecule has 0 aliphatic heterocycles. The molecular formula is C12H11BrFIN2S. The van der Waals surface area contributed by atoms with Gasteiger partial charge in [0.25, 0.3) is 0 Å². The third-order valence-corrected chi connectivity index (χ3v) is 5.50. The van der Waals surface area contributed by atoms with Gasteiger partial charge in [-0.25, -0.2) is 4.39 Å². The summed E-state index contributed by atoms with van der Waals surface area (Å²) in [7, 11) is 0. The minimum atomic E-state index is -0.226. The van der Waals surface area contributed by atoms with Gasteiger partial charge >= 0.3 is 0 Å². The summed E-state index contributed by atoms with van der Waals surface area (Å²) in [6.07, 6.45) is 0.774. The van der Waals surface area contributed by atoms with Crippen LogP contribution in [-0.2, 0) is 6.42 Å². The first kappa shape index (κ1) is 14.4. The summed E-state index contributed by atoms with van der Waals surface area (Å²) in [5.41, 5.74) is 3.82. The fraction of sp³-hybridized carbons (Fsp3) is 0.167. The second-order valence-corrected chi connectivity index (χ2v) is 6.80. The number of thiophene rings is 1. The van der Waals surface area contributed by atoms with Crippen molar-refractivity contribution in [1.82, 2.24) is 5.43 Å². The van der Waals surface area contributed by atoms with Gasteiger partial charge in [0.1, 0.15) is 5.82 Å². The highest BCUT2D eigenvalue weighted by atomic mass is 127. The van der Waals surface area contributed by atoms with E-state index in [1.165, 1.54) is 17.0 Å². The van der Waals surface area contributed by atoms with Crippen LogP contribution in [0.5, 0.6) is 0 Å². The summed E-state index contributed by atoms with van der Waals surface area (Å²) in [6, 6.07) is 6.76. The summed E-state index contributed by atoms with van der Waals surface area (Å²) >= 11 is 7.32. The van der Waals surface area contributed by atoms with Crippen molar-refractivity contribution in [2.75, 3.05) is 0 Å². The number of rotatable bonds is 4. The van der Waals surface area contributed by atoms with Crippen LogP contribution < -0.4 is 11.3 Å². The Balaban J connectivity index is 2.26. The van der Waals surface area contributed by atoms with Gasteiger partial charge in [0.15, 0.2) is 0 Å². The Kier molecular flexibility index (Phi) is 5.14. The van der Waals surface area contributed by atoms with Crippen molar-refractivity contribution in [1.29, 1.82) is 0 Å². The van der Waals surface area contributed by atoms with Gasteiger partial charge < -0.3 is 0 Å². The Morgan fingerprint density at radius 3 is 2.78 bits per heavy atom. The zero-order valence-corrected chi connectivity index (χ0v) is 13.9. The molecule has 6 heteroatoms. The topological polar surface area (TPSA) is 38.0 Å². The molecule has 0 fully saturated rings. The van der Waals surface area contributed by atoms with Crippen molar-refractivity contribution in [3.8, 4) is 0 Å². The van der Waals surface area contributed by atoms with Crippen LogP contribution in [0.3, 0.4) is 0 Å². The smallest absolute Gasteiger partial charge is 0.124 e. The molecule has 1 unspecified atom stereocenters. The summed E-state index contributed by atoms with van der Waals surface area (Å²) < 4.78 is 15.1. The Bertz CT molecular complexity index is 547. The second kappa shape index (κ2) is 6.42. The molecule has 1 heterocycles. The molecular weight excluding hydrogens is 430 g/mol. The Labute approximate surface area is 131 Å². The van der Waals surface area contributed by atoms with Crippen molar-refractivity contribution in [2.24, 2.45) is 5.84 Å². The lowest BCUT2D eigenvalue weighted by Gasteiger charge is -2.17. The first-order valence-electron chi connectivity index (χ1n) is 5.24. The van der Waals surface area contributed by atoms with Crippen molar-refractivity contribution in [2.45, 2.75) is 12.5 Å². The standard InChI is InChI=1S/C12H11BrFIN2S/c13-9-3-4-18-12(9)6-11(17-16)8-2-1-7(14)5-10(8)15/h1-5,11,17H,6,16H2. The molecule has 0 saturated heterocycles. The van der Waals surface area contributed by atoms with Gasteiger partial charge in [-0.3, -0.25) is 11.3 Å². The van der Waals surface area contributed by atoms with Crippen molar-refractivity contribution >= 4 is 49.9 Å². The minimum absolute atomic E-state index is 0.0209. The van der Waals surface area contributed by atoms with Crippen LogP contribution in [0.4, 0.5) is 4.39 Å². The van der Waals surface area contributed by atoms with Gasteiger partial charge in [-0.05, 0) is 67.7 Å². The molecule has 2 rings (SSSR count). The van der Waals surface area contributed by atoms with Gasteiger partial charge in [0.2, 0.25) is 0 Å². The third-order valence-electron chi connectivity index (χ3n) is 2.62. The SMILES string of the molecule is NNC(Cc1sccc1Br)c1ccc(F)cc1I. The number of hydrogen-bond donors (Lipinski definition) is 2. The average molecular weight is 441 g/mol. The number of benzene rings is 1. The van der Waals surface area contributed by atoms with Crippen molar-refractivity contribution in [3.05, 3.63) is 53.9 Å². The number of hydrazine groups is 1. The van der Waals surface area contributed by atoms with Crippen molar-refractivity contribution in [3.63, 3.8) is 0 Å². The molecule has 1 aromatic carbocycles. The van der Waals surface area contributed by atoms with Crippen LogP contribution in [0.25, 0.3) is 0 Å². The summed E-state index contributed by atoms with van der Waals surface area (Å²) in [5, 5.41) is 2.03. The molecule has 0 amide bonds. The molecule has 2 aromatic rings. The zero-order chi connectivity index (χ0) is 13.1. The number of nitrogens with one attached hydrogen (secondary N) is 1. The van der Waals surface area contributed by atoms with Crippen LogP contribution in [0.1, 0.15) is 16.5 Å². The fourth-order valence-corrected chi connectivity index (χ4v) is 4.11. The highest BCUT2D eigenvalue weighted by Crippen LogP contribution is 2.29. The van der Waals surface area contributed by atoms with E-state index in [-0.39, 0.29) is 11.9 Å². The molecule has 1 aromatic heterocycles. The molecule has 0 aliphatic carbocycles. The van der Waals surface area contributed by atoms with Gasteiger partial charge in [-0.1, -0.05) is 6.07 Å². The highest BCUT2D eigenvalue weighted by Gasteiger charge is 2.16. The lowest BCUT2D eigenvalue weighted by Crippen LogP contribution is -2.30. The maximum absolute atomic E-state index is 13.1. The molecule has 3 N–H and O–H groups in total. The largest absolute Gasteiger partial charge is 0.271 e. The number of hydrogen-bond acceptors (Lipinski definition) is 3. The van der Waals surface area contributed by atoms with Crippen LogP contribution >= 0.6 is 49.9 Å². The molecule has 18 heavy (non-hydrogen) atoms. The lowest BCUT2D eigenvalue weighted by atomic mass is 10.0. The van der Waals surface area contributed by atoms with Crippen LogP contribution in [-0.4, -0.2) is 0 Å². The first-order chi connectivity index (χ1) is 8.61. The van der Waals surface area contributed by atoms with E-state index in [0.29, 0.717) is 0 Å². The highest BCUT2D eigenvalue weighted by molar-refractivity contribution is 14.1. The summed E-state index contributed by atoms with van der Waals surface area (Å²) in [6.45, 7) is 0. The van der Waals surface area contributed by atoms with Gasteiger partial charge in [-0.2, -0.15) is 0 Å². The maximum Gasteiger partial charge on any atom is 0.124 e. The second-order valence-electron chi connectivity index (χ2n) is 3.78. The van der Waals surface area contributed by atoms with E-state index in [0.717, 1.165) is 20.0 Å². The zero-order valence-electron chi connectivity index (χ0n) is 9.29. The lowest BCUT2D eigenvalue weighted by molar-refractivity contribution is 0.549. The number of nitrogens with two attached hydrogens (primary N) is 1. The molecule has 0 saturated carbocycles. The predicted octanol–water partition coefficient (Wildman–Crippen LogP) is 4.00. The van der Waals surface area contributed by atoms with E-state index in [9.17, 15) is 4.39 Å². The monoisotopic (exact) mass is 440 g/mol. The maximum atomic E-state index is 13.1. The predicted molar refractivity (Wildman–Crippen MR) is 84.9 cm³/mol. The van der Waals surface area contributed by atoms with Gasteiger partial charge in [-0.15, -0.1) is 11.3 Å². The summed E-state index contributed by atoms with van der Waals surface area (Å²) in [4.78, 5) is 1.22. The molecule has 0 radical (unpaired) electrons. The Morgan fingerprint density at radius 2 is 2.22 bits per heavy atom. The van der Waals surface area contributed by atoms with E-state index < -0.39 is 0 Å². The normalized spacial score (nSPS) is 12.7. The quantitative estimate of drug-likeness (QED) is 0.428. The van der Waals surface area contributed by atoms with Crippen LogP contribution in [0, 0.1) is 9.39 Å². The van der Waals surface area contributed by atoms with E-state index in [2.05, 4.69) is 43.9 Å². The fourth-order valence-electron chi connectivity index (χ4n) is 1.70. The molecule has 0 bridgehead atoms. The van der Waals surface area contributed by atoms with Crippen LogP contribution in [0.15, 0.2) is 34.1 Å². The molecule has 96 valence electrons. The molecule has 2 nitrogen and oxygen atoms in total. The third kappa shape index (κ3) is 3.30. The van der Waals surface area contributed by atoms with Crippen LogP contribution in [0.2, 0.25) is 0 Å². The van der Waals surface area contributed by atoms with E-state index in [1.807, 2.05) is 11.4 Å². The van der Waals surface area contributed by atoms with Gasteiger partial charge in [0.05, 0.1) is 6.04 Å². The van der Waals surface area contributed by atoms with E-state index in [1.54, 1.807) is 17.4 Å². The number of halogens is 3. The van der Waals surface area contributed by atoms with E-state index in [4.69, 9.17) is 5.84 Å². The minimum Gasteiger partial charge on any atom is -0.271 e.